The number of amides is 1. The van der Waals surface area contributed by atoms with Crippen molar-refractivity contribution in [2.45, 2.75) is 166 Å². The Morgan fingerprint density at radius 1 is 0.911 bits per heavy atom. The van der Waals surface area contributed by atoms with Crippen LogP contribution in [-0.2, 0) is 38.1 Å². The molecule has 3 fully saturated rings. The highest BCUT2D eigenvalue weighted by molar-refractivity contribution is 6.28. The van der Waals surface area contributed by atoms with Crippen LogP contribution in [0.1, 0.15) is 112 Å². The average Bonchev–Trinajstić information content (AvgIpc) is 3.35. The molecule has 4 N–H and O–H groups in total. The molecule has 3 aliphatic heterocycles. The average molecular weight is 792 g/mol. The van der Waals surface area contributed by atoms with Gasteiger partial charge in [-0.05, 0) is 95.5 Å². The van der Waals surface area contributed by atoms with E-state index in [4.69, 9.17) is 18.9 Å². The summed E-state index contributed by atoms with van der Waals surface area (Å²) in [6.07, 6.45) is 1.58. The molecule has 0 aromatic rings. The molecule has 3 heterocycles. The molecule has 2 unspecified atom stereocenters. The number of aliphatic hydroxyl groups excluding tert-OH is 3. The minimum absolute atomic E-state index is 0.0244. The first-order valence-corrected chi connectivity index (χ1v) is 20.7. The molecule has 318 valence electrons. The number of Topliss-reactive ketones (excluding diaryl/α,β-unsaturated/α-hetero) is 2. The van der Waals surface area contributed by atoms with E-state index in [1.807, 2.05) is 32.9 Å². The normalized spacial score (nSPS) is 42.7. The van der Waals surface area contributed by atoms with Gasteiger partial charge in [0.05, 0.1) is 30.5 Å². The Morgan fingerprint density at radius 2 is 1.55 bits per heavy atom. The highest BCUT2D eigenvalue weighted by atomic mass is 16.6. The van der Waals surface area contributed by atoms with Crippen molar-refractivity contribution in [1.82, 2.24) is 4.90 Å². The number of hydrogen-bond donors (Lipinski definition) is 4. The van der Waals surface area contributed by atoms with Crippen LogP contribution in [0.25, 0.3) is 0 Å². The third-order valence-corrected chi connectivity index (χ3v) is 13.3. The number of carbonyl (C=O) groups excluding carboxylic acids is 4. The summed E-state index contributed by atoms with van der Waals surface area (Å²) in [7, 11) is 4.45. The van der Waals surface area contributed by atoms with Crippen LogP contribution in [-0.4, -0.2) is 131 Å². The lowest BCUT2D eigenvalue weighted by atomic mass is 9.75. The van der Waals surface area contributed by atoms with E-state index in [9.17, 15) is 39.6 Å². The van der Waals surface area contributed by atoms with E-state index < -0.39 is 83.2 Å². The standard InChI is InChI=1S/C43H69NO12/c1-10-30-18-24(2)17-25(3)19-35(54-8)37(48)36(55-9)21-27(5)43(52)39(49)42(15-11-12-16-44(42)40(43)50)41(51)56-38(28(6)32(46)23-33(30)47)26(4)20-29-13-14-31(45)34(22-29)53-7/h18,20,25,27-32,34-38,45-46,48,52H,10-17,19,21-23H2,1-9H3/b24-18+,26-20+/t25-,27-,28+,29?,30+,31?,32-,34+,35-,36-,37+,38+,42+,43-/m0/s1. The van der Waals surface area contributed by atoms with Crippen molar-refractivity contribution in [3.8, 4) is 0 Å². The summed E-state index contributed by atoms with van der Waals surface area (Å²) in [6.45, 7) is 11.0. The summed E-state index contributed by atoms with van der Waals surface area (Å²) in [5.41, 5.74) is -3.15. The number of ether oxygens (including phenoxy) is 4. The zero-order valence-electron chi connectivity index (χ0n) is 35.1. The molecule has 1 amide bonds. The van der Waals surface area contributed by atoms with Gasteiger partial charge in [0.1, 0.15) is 18.0 Å². The van der Waals surface area contributed by atoms with Crippen molar-refractivity contribution in [2.24, 2.45) is 29.6 Å². The van der Waals surface area contributed by atoms with Crippen molar-refractivity contribution in [3.63, 3.8) is 0 Å². The summed E-state index contributed by atoms with van der Waals surface area (Å²) in [5, 5.41) is 46.0. The van der Waals surface area contributed by atoms with Crippen LogP contribution in [0, 0.1) is 29.6 Å². The van der Waals surface area contributed by atoms with Gasteiger partial charge in [-0.1, -0.05) is 45.4 Å². The summed E-state index contributed by atoms with van der Waals surface area (Å²) < 4.78 is 23.3. The van der Waals surface area contributed by atoms with Crippen LogP contribution < -0.4 is 0 Å². The predicted octanol–water partition coefficient (Wildman–Crippen LogP) is 3.86. The second kappa shape index (κ2) is 19.5. The lowest BCUT2D eigenvalue weighted by Gasteiger charge is -2.40. The number of rotatable bonds is 6. The second-order valence-electron chi connectivity index (χ2n) is 17.4. The van der Waals surface area contributed by atoms with Gasteiger partial charge in [0.2, 0.25) is 16.9 Å². The number of ketones is 2. The Balaban J connectivity index is 1.82. The number of methoxy groups -OCH3 is 3. The first-order chi connectivity index (χ1) is 26.4. The van der Waals surface area contributed by atoms with Crippen LogP contribution in [0.3, 0.4) is 0 Å². The fourth-order valence-corrected chi connectivity index (χ4v) is 9.82. The molecule has 4 rings (SSSR count). The van der Waals surface area contributed by atoms with Gasteiger partial charge in [0, 0.05) is 52.0 Å². The van der Waals surface area contributed by atoms with Crippen molar-refractivity contribution in [1.29, 1.82) is 0 Å². The SMILES string of the molecule is CC[C@@H]1/C=C(\C)C[C@H](C)C[C@H](OC)[C@@H](O)[C@@H](OC)C[C@H](C)[C@@]2(O)C(=O)N3CCCC[C@]3(C(=O)O[C@H](/C(C)=C/C3CCC(O)[C@H](OC)C3)[C@H](C)[C@@H](O)CC1=O)C2=O. The Kier molecular flexibility index (Phi) is 16.1. The third-order valence-electron chi connectivity index (χ3n) is 13.3. The van der Waals surface area contributed by atoms with Gasteiger partial charge in [-0.25, -0.2) is 4.79 Å². The number of esters is 1. The van der Waals surface area contributed by atoms with Crippen LogP contribution in [0.15, 0.2) is 23.3 Å². The lowest BCUT2D eigenvalue weighted by Crippen LogP contribution is -2.60. The van der Waals surface area contributed by atoms with Crippen molar-refractivity contribution in [3.05, 3.63) is 23.3 Å². The monoisotopic (exact) mass is 791 g/mol. The summed E-state index contributed by atoms with van der Waals surface area (Å²) in [5.74, 6) is -5.40. The Labute approximate surface area is 333 Å². The number of hydrogen-bond acceptors (Lipinski definition) is 12. The molecule has 13 nitrogen and oxygen atoms in total. The number of aliphatic hydroxyl groups is 4. The summed E-state index contributed by atoms with van der Waals surface area (Å²) in [4.78, 5) is 58.8. The molecule has 0 aromatic carbocycles. The maximum atomic E-state index is 14.8. The van der Waals surface area contributed by atoms with Gasteiger partial charge in [-0.2, -0.15) is 0 Å². The van der Waals surface area contributed by atoms with Crippen LogP contribution >= 0.6 is 0 Å². The summed E-state index contributed by atoms with van der Waals surface area (Å²) >= 11 is 0. The fourth-order valence-electron chi connectivity index (χ4n) is 9.82. The molecule has 2 saturated heterocycles. The van der Waals surface area contributed by atoms with Gasteiger partial charge in [-0.3, -0.25) is 14.4 Å². The zero-order chi connectivity index (χ0) is 41.7. The number of carbonyl (C=O) groups is 4. The quantitative estimate of drug-likeness (QED) is 0.173. The number of fused-ring (bicyclic) bond motifs is 1. The van der Waals surface area contributed by atoms with Gasteiger partial charge in [0.15, 0.2) is 0 Å². The van der Waals surface area contributed by atoms with Gasteiger partial charge < -0.3 is 44.3 Å². The molecule has 2 bridgehead atoms. The molecule has 0 radical (unpaired) electrons. The first kappa shape index (κ1) is 46.2. The number of allylic oxidation sites excluding steroid dienone is 3. The molecule has 4 aliphatic rings. The van der Waals surface area contributed by atoms with E-state index >= 15 is 0 Å². The van der Waals surface area contributed by atoms with Crippen molar-refractivity contribution < 1.29 is 58.6 Å². The smallest absolute Gasteiger partial charge is 0.340 e. The van der Waals surface area contributed by atoms with Crippen molar-refractivity contribution in [2.75, 3.05) is 27.9 Å². The molecule has 56 heavy (non-hydrogen) atoms. The Bertz CT molecular complexity index is 1460. The largest absolute Gasteiger partial charge is 0.455 e. The highest BCUT2D eigenvalue weighted by Crippen LogP contribution is 2.46. The molecule has 1 saturated carbocycles. The maximum Gasteiger partial charge on any atom is 0.340 e. The Hall–Kier alpha value is -2.52. The van der Waals surface area contributed by atoms with Gasteiger partial charge in [0.25, 0.3) is 5.91 Å². The maximum absolute atomic E-state index is 14.8. The fraction of sp³-hybridized carbons (Fsp3) is 0.814. The van der Waals surface area contributed by atoms with E-state index in [0.29, 0.717) is 56.9 Å². The molecular formula is C43H69NO12. The van der Waals surface area contributed by atoms with E-state index in [2.05, 4.69) is 0 Å². The van der Waals surface area contributed by atoms with E-state index in [1.165, 1.54) is 14.2 Å². The summed E-state index contributed by atoms with van der Waals surface area (Å²) in [6, 6.07) is 0. The van der Waals surface area contributed by atoms with E-state index in [1.54, 1.807) is 27.9 Å². The van der Waals surface area contributed by atoms with Gasteiger partial charge >= 0.3 is 5.97 Å². The number of cyclic esters (lactones) is 1. The lowest BCUT2D eigenvalue weighted by molar-refractivity contribution is -0.171. The molecule has 13 heteroatoms. The minimum atomic E-state index is -2.61. The topological polar surface area (TPSA) is 189 Å². The van der Waals surface area contributed by atoms with E-state index in [-0.39, 0.29) is 49.5 Å². The Morgan fingerprint density at radius 3 is 2.18 bits per heavy atom. The zero-order valence-corrected chi connectivity index (χ0v) is 35.1. The first-order valence-electron chi connectivity index (χ1n) is 20.7. The highest BCUT2D eigenvalue weighted by Gasteiger charge is 2.72. The molecule has 0 aromatic heterocycles. The molecular weight excluding hydrogens is 722 g/mol. The minimum Gasteiger partial charge on any atom is -0.455 e. The van der Waals surface area contributed by atoms with Crippen LogP contribution in [0.5, 0.6) is 0 Å². The molecule has 1 spiro atoms. The predicted molar refractivity (Wildman–Crippen MR) is 208 cm³/mol. The molecule has 1 aliphatic carbocycles. The van der Waals surface area contributed by atoms with Crippen molar-refractivity contribution >= 4 is 23.4 Å². The van der Waals surface area contributed by atoms with E-state index in [0.717, 1.165) is 10.5 Å². The number of piperidine rings is 1. The van der Waals surface area contributed by atoms with Crippen LogP contribution in [0.4, 0.5) is 0 Å². The van der Waals surface area contributed by atoms with Crippen LogP contribution in [0.2, 0.25) is 0 Å². The van der Waals surface area contributed by atoms with Gasteiger partial charge in [-0.15, -0.1) is 0 Å². The third kappa shape index (κ3) is 9.35. The number of nitrogens with zero attached hydrogens (tertiary/aromatic N) is 1. The molecule has 14 atom stereocenters. The second-order valence-corrected chi connectivity index (χ2v) is 17.4.